The average molecular weight is 382 g/mol. The molecule has 0 aliphatic carbocycles. The van der Waals surface area contributed by atoms with Crippen molar-refractivity contribution in [1.29, 1.82) is 0 Å². The molecule has 0 heterocycles. The van der Waals surface area contributed by atoms with E-state index in [1.54, 1.807) is 24.3 Å². The zero-order valence-electron chi connectivity index (χ0n) is 13.5. The summed E-state index contributed by atoms with van der Waals surface area (Å²) in [6.45, 7) is 3.32. The molecule has 0 aromatic heterocycles. The van der Waals surface area contributed by atoms with Crippen molar-refractivity contribution in [3.8, 4) is 0 Å². The van der Waals surface area contributed by atoms with E-state index in [0.29, 0.717) is 5.56 Å². The Bertz CT molecular complexity index is 923. The molecule has 0 saturated heterocycles. The molecule has 0 radical (unpaired) electrons. The molecule has 0 fully saturated rings. The van der Waals surface area contributed by atoms with Gasteiger partial charge in [0.15, 0.2) is 6.10 Å². The second-order valence-electron chi connectivity index (χ2n) is 5.46. The molecule has 0 aliphatic rings. The minimum absolute atomic E-state index is 0.00705. The SMILES string of the molecule is Cc1ccc(C(=O)[C@@H](C)OC(=O)c2cc(S(N)(=O)=O)ccc2Cl)cc1. The van der Waals surface area contributed by atoms with Gasteiger partial charge in [0.05, 0.1) is 15.5 Å². The topological polar surface area (TPSA) is 104 Å². The maximum absolute atomic E-state index is 12.3. The van der Waals surface area contributed by atoms with Gasteiger partial charge in [-0.25, -0.2) is 18.4 Å². The van der Waals surface area contributed by atoms with Crippen molar-refractivity contribution in [2.24, 2.45) is 5.14 Å². The van der Waals surface area contributed by atoms with Crippen molar-refractivity contribution < 1.29 is 22.7 Å². The maximum atomic E-state index is 12.3. The molecule has 2 N–H and O–H groups in total. The highest BCUT2D eigenvalue weighted by atomic mass is 35.5. The molecule has 0 aliphatic heterocycles. The second-order valence-corrected chi connectivity index (χ2v) is 7.43. The second kappa shape index (κ2) is 7.35. The van der Waals surface area contributed by atoms with Gasteiger partial charge in [0.1, 0.15) is 0 Å². The van der Waals surface area contributed by atoms with E-state index in [-0.39, 0.29) is 21.3 Å². The number of halogens is 1. The summed E-state index contributed by atoms with van der Waals surface area (Å²) in [5.41, 5.74) is 1.21. The zero-order chi connectivity index (χ0) is 18.8. The number of carbonyl (C=O) groups is 2. The Morgan fingerprint density at radius 2 is 1.72 bits per heavy atom. The van der Waals surface area contributed by atoms with Crippen molar-refractivity contribution in [2.45, 2.75) is 24.8 Å². The first-order chi connectivity index (χ1) is 11.6. The lowest BCUT2D eigenvalue weighted by Gasteiger charge is -2.13. The number of rotatable bonds is 5. The summed E-state index contributed by atoms with van der Waals surface area (Å²) in [4.78, 5) is 24.3. The first kappa shape index (κ1) is 19.1. The summed E-state index contributed by atoms with van der Waals surface area (Å²) in [5.74, 6) is -1.30. The zero-order valence-corrected chi connectivity index (χ0v) is 15.1. The van der Waals surface area contributed by atoms with Crippen molar-refractivity contribution in [3.05, 3.63) is 64.2 Å². The number of esters is 1. The number of nitrogens with two attached hydrogens (primary N) is 1. The standard InChI is InChI=1S/C17H16ClNO5S/c1-10-3-5-12(6-4-10)16(20)11(2)24-17(21)14-9-13(25(19,22)23)7-8-15(14)18/h3-9,11H,1-2H3,(H2,19,22,23)/t11-/m1/s1. The van der Waals surface area contributed by atoms with Crippen LogP contribution in [-0.4, -0.2) is 26.3 Å². The van der Waals surface area contributed by atoms with Gasteiger partial charge in [0.2, 0.25) is 15.8 Å². The molecule has 1 atom stereocenters. The van der Waals surface area contributed by atoms with E-state index in [4.69, 9.17) is 21.5 Å². The lowest BCUT2D eigenvalue weighted by atomic mass is 10.1. The number of Topliss-reactive ketones (excluding diaryl/α,β-unsaturated/α-hetero) is 1. The van der Waals surface area contributed by atoms with E-state index in [1.807, 2.05) is 6.92 Å². The fourth-order valence-electron chi connectivity index (χ4n) is 2.07. The first-order valence-corrected chi connectivity index (χ1v) is 9.16. The Balaban J connectivity index is 2.21. The minimum atomic E-state index is -4.00. The molecule has 0 amide bonds. The summed E-state index contributed by atoms with van der Waals surface area (Å²) in [5, 5.41) is 5.03. The third-order valence-corrected chi connectivity index (χ3v) is 4.72. The van der Waals surface area contributed by atoms with Gasteiger partial charge < -0.3 is 4.74 Å². The number of primary sulfonamides is 1. The Hall–Kier alpha value is -2.22. The van der Waals surface area contributed by atoms with Crippen LogP contribution in [0.1, 0.15) is 33.2 Å². The molecular formula is C17H16ClNO5S. The van der Waals surface area contributed by atoms with Crippen LogP contribution in [-0.2, 0) is 14.8 Å². The van der Waals surface area contributed by atoms with Crippen LogP contribution >= 0.6 is 11.6 Å². The highest BCUT2D eigenvalue weighted by Crippen LogP contribution is 2.21. The van der Waals surface area contributed by atoms with Gasteiger partial charge in [0.25, 0.3) is 0 Å². The lowest BCUT2D eigenvalue weighted by molar-refractivity contribution is 0.0318. The van der Waals surface area contributed by atoms with E-state index < -0.39 is 22.1 Å². The Morgan fingerprint density at radius 3 is 2.28 bits per heavy atom. The Morgan fingerprint density at radius 1 is 1.12 bits per heavy atom. The Labute approximate surface area is 150 Å². The summed E-state index contributed by atoms with van der Waals surface area (Å²) in [6.07, 6.45) is -1.07. The van der Waals surface area contributed by atoms with E-state index in [9.17, 15) is 18.0 Å². The lowest BCUT2D eigenvalue weighted by Crippen LogP contribution is -2.25. The number of carbonyl (C=O) groups excluding carboxylic acids is 2. The van der Waals surface area contributed by atoms with Crippen LogP contribution in [0.4, 0.5) is 0 Å². The predicted molar refractivity (Wildman–Crippen MR) is 93.2 cm³/mol. The number of ketones is 1. The molecule has 0 unspecified atom stereocenters. The van der Waals surface area contributed by atoms with Gasteiger partial charge >= 0.3 is 5.97 Å². The van der Waals surface area contributed by atoms with Crippen LogP contribution in [0, 0.1) is 6.92 Å². The maximum Gasteiger partial charge on any atom is 0.340 e. The third-order valence-electron chi connectivity index (χ3n) is 3.48. The average Bonchev–Trinajstić information content (AvgIpc) is 2.54. The number of hydrogen-bond donors (Lipinski definition) is 1. The van der Waals surface area contributed by atoms with Crippen LogP contribution in [0.3, 0.4) is 0 Å². The molecule has 2 aromatic carbocycles. The number of hydrogen-bond acceptors (Lipinski definition) is 5. The minimum Gasteiger partial charge on any atom is -0.451 e. The molecule has 25 heavy (non-hydrogen) atoms. The van der Waals surface area contributed by atoms with Gasteiger partial charge in [-0.3, -0.25) is 4.79 Å². The molecular weight excluding hydrogens is 366 g/mol. The highest BCUT2D eigenvalue weighted by Gasteiger charge is 2.23. The highest BCUT2D eigenvalue weighted by molar-refractivity contribution is 7.89. The largest absolute Gasteiger partial charge is 0.451 e. The molecule has 2 aromatic rings. The quantitative estimate of drug-likeness (QED) is 0.633. The van der Waals surface area contributed by atoms with Gasteiger partial charge in [-0.15, -0.1) is 0 Å². The molecule has 0 saturated carbocycles. The van der Waals surface area contributed by atoms with Crippen LogP contribution in [0.25, 0.3) is 0 Å². The van der Waals surface area contributed by atoms with E-state index in [0.717, 1.165) is 11.6 Å². The van der Waals surface area contributed by atoms with E-state index in [1.165, 1.54) is 19.1 Å². The van der Waals surface area contributed by atoms with Crippen LogP contribution in [0.5, 0.6) is 0 Å². The molecule has 132 valence electrons. The van der Waals surface area contributed by atoms with E-state index >= 15 is 0 Å². The Kier molecular flexibility index (Phi) is 5.62. The van der Waals surface area contributed by atoms with Crippen LogP contribution in [0.15, 0.2) is 47.4 Å². The third kappa shape index (κ3) is 4.66. The first-order valence-electron chi connectivity index (χ1n) is 7.24. The molecule has 6 nitrogen and oxygen atoms in total. The molecule has 0 spiro atoms. The number of benzene rings is 2. The molecule has 0 bridgehead atoms. The van der Waals surface area contributed by atoms with Crippen LogP contribution < -0.4 is 5.14 Å². The number of aryl methyl sites for hydroxylation is 1. The monoisotopic (exact) mass is 381 g/mol. The van der Waals surface area contributed by atoms with Crippen molar-refractivity contribution >= 4 is 33.4 Å². The summed E-state index contributed by atoms with van der Waals surface area (Å²) in [6, 6.07) is 10.2. The van der Waals surface area contributed by atoms with E-state index in [2.05, 4.69) is 0 Å². The predicted octanol–water partition coefficient (Wildman–Crippen LogP) is 2.72. The van der Waals surface area contributed by atoms with Gasteiger partial charge in [-0.05, 0) is 32.0 Å². The molecule has 2 rings (SSSR count). The van der Waals surface area contributed by atoms with Gasteiger partial charge in [-0.2, -0.15) is 0 Å². The van der Waals surface area contributed by atoms with Crippen molar-refractivity contribution in [1.82, 2.24) is 0 Å². The fraction of sp³-hybridized carbons (Fsp3) is 0.176. The molecule has 8 heteroatoms. The van der Waals surface area contributed by atoms with Gasteiger partial charge in [0, 0.05) is 5.56 Å². The van der Waals surface area contributed by atoms with Crippen LogP contribution in [0.2, 0.25) is 5.02 Å². The number of sulfonamides is 1. The van der Waals surface area contributed by atoms with Gasteiger partial charge in [-0.1, -0.05) is 41.4 Å². The number of ether oxygens (including phenoxy) is 1. The van der Waals surface area contributed by atoms with Crippen molar-refractivity contribution in [3.63, 3.8) is 0 Å². The summed E-state index contributed by atoms with van der Waals surface area (Å²) in [7, 11) is -4.00. The normalized spacial score (nSPS) is 12.5. The fourth-order valence-corrected chi connectivity index (χ4v) is 2.80. The smallest absolute Gasteiger partial charge is 0.340 e. The summed E-state index contributed by atoms with van der Waals surface area (Å²) >= 11 is 5.92. The summed E-state index contributed by atoms with van der Waals surface area (Å²) < 4.78 is 27.9. The van der Waals surface area contributed by atoms with Crippen molar-refractivity contribution in [2.75, 3.05) is 0 Å².